The SMILES string of the molecule is O=c1cc(CN2CCC[C@H]2CO)nc2nc[nH]n12. The lowest BCUT2D eigenvalue weighted by atomic mass is 10.2. The number of hydrogen-bond donors (Lipinski definition) is 2. The molecule has 0 aliphatic carbocycles. The van der Waals surface area contributed by atoms with Gasteiger partial charge >= 0.3 is 0 Å². The molecule has 0 spiro atoms. The van der Waals surface area contributed by atoms with Crippen LogP contribution in [0.15, 0.2) is 17.2 Å². The van der Waals surface area contributed by atoms with E-state index in [1.807, 2.05) is 0 Å². The second-order valence-electron chi connectivity index (χ2n) is 4.56. The lowest BCUT2D eigenvalue weighted by Crippen LogP contribution is -2.32. The molecule has 1 atom stereocenters. The zero-order valence-corrected chi connectivity index (χ0v) is 9.91. The van der Waals surface area contributed by atoms with Gasteiger partial charge in [0.25, 0.3) is 11.3 Å². The average molecular weight is 249 g/mol. The van der Waals surface area contributed by atoms with E-state index < -0.39 is 0 Å². The van der Waals surface area contributed by atoms with E-state index in [1.165, 1.54) is 16.9 Å². The van der Waals surface area contributed by atoms with Gasteiger partial charge in [-0.1, -0.05) is 0 Å². The molecule has 0 radical (unpaired) electrons. The molecule has 0 unspecified atom stereocenters. The van der Waals surface area contributed by atoms with Crippen LogP contribution in [0.4, 0.5) is 0 Å². The average Bonchev–Trinajstić information content (AvgIpc) is 2.97. The van der Waals surface area contributed by atoms with Crippen LogP contribution in [-0.2, 0) is 6.54 Å². The number of fused-ring (bicyclic) bond motifs is 1. The van der Waals surface area contributed by atoms with Crippen molar-refractivity contribution in [1.29, 1.82) is 0 Å². The molecular weight excluding hydrogens is 234 g/mol. The molecule has 3 rings (SSSR count). The minimum absolute atomic E-state index is 0.156. The summed E-state index contributed by atoms with van der Waals surface area (Å²) in [5.41, 5.74) is 0.541. The Morgan fingerprint density at radius 1 is 1.56 bits per heavy atom. The molecule has 2 aromatic rings. The summed E-state index contributed by atoms with van der Waals surface area (Å²) >= 11 is 0. The normalized spacial score (nSPS) is 20.8. The number of aliphatic hydroxyl groups excluding tert-OH is 1. The Bertz CT molecular complexity index is 605. The molecule has 0 amide bonds. The van der Waals surface area contributed by atoms with E-state index in [-0.39, 0.29) is 18.2 Å². The Kier molecular flexibility index (Phi) is 2.85. The highest BCUT2D eigenvalue weighted by Gasteiger charge is 2.24. The fourth-order valence-electron chi connectivity index (χ4n) is 2.47. The van der Waals surface area contributed by atoms with E-state index in [9.17, 15) is 9.90 Å². The maximum absolute atomic E-state index is 11.8. The number of nitrogens with one attached hydrogen (secondary N) is 1. The number of rotatable bonds is 3. The van der Waals surface area contributed by atoms with Crippen molar-refractivity contribution >= 4 is 5.78 Å². The van der Waals surface area contributed by atoms with Gasteiger partial charge in [0.2, 0.25) is 0 Å². The van der Waals surface area contributed by atoms with Crippen molar-refractivity contribution < 1.29 is 5.11 Å². The molecule has 2 aromatic heterocycles. The summed E-state index contributed by atoms with van der Waals surface area (Å²) in [5.74, 6) is 0.386. The zero-order chi connectivity index (χ0) is 12.5. The zero-order valence-electron chi connectivity index (χ0n) is 9.91. The molecule has 2 N–H and O–H groups in total. The Balaban J connectivity index is 1.88. The molecule has 1 fully saturated rings. The first-order chi connectivity index (χ1) is 8.78. The van der Waals surface area contributed by atoms with Crippen LogP contribution in [0.1, 0.15) is 18.5 Å². The molecule has 1 aliphatic heterocycles. The van der Waals surface area contributed by atoms with E-state index in [4.69, 9.17) is 0 Å². The van der Waals surface area contributed by atoms with Gasteiger partial charge in [-0.05, 0) is 19.4 Å². The maximum Gasteiger partial charge on any atom is 0.274 e. The van der Waals surface area contributed by atoms with Crippen LogP contribution < -0.4 is 5.56 Å². The summed E-state index contributed by atoms with van der Waals surface area (Å²) in [6.07, 6.45) is 3.52. The molecule has 7 heteroatoms. The predicted molar refractivity (Wildman–Crippen MR) is 64.1 cm³/mol. The van der Waals surface area contributed by atoms with Gasteiger partial charge < -0.3 is 5.11 Å². The van der Waals surface area contributed by atoms with Crippen LogP contribution in [0, 0.1) is 0 Å². The smallest absolute Gasteiger partial charge is 0.274 e. The second-order valence-corrected chi connectivity index (χ2v) is 4.56. The number of nitrogens with zero attached hydrogens (tertiary/aromatic N) is 4. The van der Waals surface area contributed by atoms with Crippen LogP contribution in [0.3, 0.4) is 0 Å². The van der Waals surface area contributed by atoms with E-state index in [0.717, 1.165) is 19.4 Å². The summed E-state index contributed by atoms with van der Waals surface area (Å²) in [4.78, 5) is 22.2. The fraction of sp³-hybridized carbons (Fsp3) is 0.545. The molecular formula is C11H15N5O2. The molecule has 0 aromatic carbocycles. The summed E-state index contributed by atoms with van der Waals surface area (Å²) < 4.78 is 1.30. The Hall–Kier alpha value is -1.73. The number of aromatic amines is 1. The Labute approximate surface area is 103 Å². The Morgan fingerprint density at radius 3 is 3.28 bits per heavy atom. The first-order valence-corrected chi connectivity index (χ1v) is 6.05. The van der Waals surface area contributed by atoms with E-state index >= 15 is 0 Å². The standard InChI is InChI=1S/C11H15N5O2/c17-6-9-2-1-3-15(9)5-8-4-10(18)16-11(14-8)12-7-13-16/h4,7,9,17H,1-3,5-6H2,(H,12,13,14)/t9-/m0/s1. The molecule has 1 aliphatic rings. The van der Waals surface area contributed by atoms with Gasteiger partial charge in [0.15, 0.2) is 0 Å². The number of H-pyrrole nitrogens is 1. The molecule has 0 saturated carbocycles. The number of aliphatic hydroxyl groups is 1. The molecule has 96 valence electrons. The number of hydrogen-bond acceptors (Lipinski definition) is 5. The largest absolute Gasteiger partial charge is 0.395 e. The summed E-state index contributed by atoms with van der Waals surface area (Å²) in [6.45, 7) is 1.68. The number of aromatic nitrogens is 4. The van der Waals surface area contributed by atoms with Crippen molar-refractivity contribution in [2.24, 2.45) is 0 Å². The van der Waals surface area contributed by atoms with Crippen LogP contribution >= 0.6 is 0 Å². The summed E-state index contributed by atoms with van der Waals surface area (Å²) in [6, 6.07) is 1.70. The van der Waals surface area contributed by atoms with Crippen molar-refractivity contribution in [1.82, 2.24) is 24.5 Å². The maximum atomic E-state index is 11.8. The lowest BCUT2D eigenvalue weighted by Gasteiger charge is -2.21. The Morgan fingerprint density at radius 2 is 2.44 bits per heavy atom. The highest BCUT2D eigenvalue weighted by atomic mass is 16.3. The van der Waals surface area contributed by atoms with Crippen LogP contribution in [0.5, 0.6) is 0 Å². The molecule has 7 nitrogen and oxygen atoms in total. The van der Waals surface area contributed by atoms with Crippen molar-refractivity contribution in [3.8, 4) is 0 Å². The van der Waals surface area contributed by atoms with Gasteiger partial charge in [-0.25, -0.2) is 9.97 Å². The third kappa shape index (κ3) is 1.91. The van der Waals surface area contributed by atoms with Crippen molar-refractivity contribution in [3.05, 3.63) is 28.4 Å². The minimum Gasteiger partial charge on any atom is -0.395 e. The number of likely N-dealkylation sites (tertiary alicyclic amines) is 1. The van der Waals surface area contributed by atoms with Crippen molar-refractivity contribution in [3.63, 3.8) is 0 Å². The fourth-order valence-corrected chi connectivity index (χ4v) is 2.47. The van der Waals surface area contributed by atoms with Gasteiger partial charge in [-0.2, -0.15) is 4.52 Å². The highest BCUT2D eigenvalue weighted by molar-refractivity contribution is 5.26. The first-order valence-electron chi connectivity index (χ1n) is 6.05. The van der Waals surface area contributed by atoms with Crippen LogP contribution in [0.25, 0.3) is 5.78 Å². The minimum atomic E-state index is -0.160. The van der Waals surface area contributed by atoms with Gasteiger partial charge in [-0.3, -0.25) is 14.8 Å². The highest BCUT2D eigenvalue weighted by Crippen LogP contribution is 2.18. The lowest BCUT2D eigenvalue weighted by molar-refractivity contribution is 0.152. The monoisotopic (exact) mass is 249 g/mol. The van der Waals surface area contributed by atoms with Gasteiger partial charge in [-0.15, -0.1) is 0 Å². The van der Waals surface area contributed by atoms with Crippen LogP contribution in [0.2, 0.25) is 0 Å². The van der Waals surface area contributed by atoms with Gasteiger partial charge in [0, 0.05) is 18.7 Å². The molecule has 18 heavy (non-hydrogen) atoms. The quantitative estimate of drug-likeness (QED) is 0.756. The van der Waals surface area contributed by atoms with E-state index in [1.54, 1.807) is 0 Å². The second kappa shape index (κ2) is 4.51. The topological polar surface area (TPSA) is 86.5 Å². The summed E-state index contributed by atoms with van der Waals surface area (Å²) in [5, 5.41) is 12.0. The third-order valence-electron chi connectivity index (χ3n) is 3.40. The van der Waals surface area contributed by atoms with E-state index in [0.29, 0.717) is 18.0 Å². The summed E-state index contributed by atoms with van der Waals surface area (Å²) in [7, 11) is 0. The van der Waals surface area contributed by atoms with Gasteiger partial charge in [0.1, 0.15) is 6.33 Å². The third-order valence-corrected chi connectivity index (χ3v) is 3.40. The van der Waals surface area contributed by atoms with Crippen molar-refractivity contribution in [2.45, 2.75) is 25.4 Å². The first kappa shape index (κ1) is 11.4. The molecule has 1 saturated heterocycles. The van der Waals surface area contributed by atoms with Crippen molar-refractivity contribution in [2.75, 3.05) is 13.2 Å². The van der Waals surface area contributed by atoms with Gasteiger partial charge in [0.05, 0.1) is 12.3 Å². The molecule has 0 bridgehead atoms. The molecule has 3 heterocycles. The van der Waals surface area contributed by atoms with E-state index in [2.05, 4.69) is 20.0 Å². The predicted octanol–water partition coefficient (Wildman–Crippen LogP) is -0.626. The van der Waals surface area contributed by atoms with Crippen LogP contribution in [-0.4, -0.2) is 48.8 Å².